The van der Waals surface area contributed by atoms with Gasteiger partial charge in [-0.05, 0) is 68.5 Å². The largest absolute Gasteiger partial charge is 0.496 e. The third-order valence-corrected chi connectivity index (χ3v) is 7.94. The molecule has 6 rings (SSSR count). The number of aliphatic hydroxyl groups is 1. The zero-order valence-corrected chi connectivity index (χ0v) is 23.1. The van der Waals surface area contributed by atoms with Gasteiger partial charge in [0.1, 0.15) is 11.6 Å². The molecule has 5 heterocycles. The lowest BCUT2D eigenvalue weighted by atomic mass is 10.0. The number of anilines is 3. The van der Waals surface area contributed by atoms with Crippen LogP contribution in [-0.2, 0) is 0 Å². The number of piperidine rings is 2. The topological polar surface area (TPSA) is 124 Å². The summed E-state index contributed by atoms with van der Waals surface area (Å²) in [6.45, 7) is 3.09. The monoisotopic (exact) mass is 554 g/mol. The second-order valence-corrected chi connectivity index (χ2v) is 10.6. The van der Waals surface area contributed by atoms with Gasteiger partial charge in [-0.2, -0.15) is 0 Å². The number of amides is 1. The van der Waals surface area contributed by atoms with Crippen LogP contribution in [-0.4, -0.2) is 70.3 Å². The van der Waals surface area contributed by atoms with Crippen molar-refractivity contribution in [2.75, 3.05) is 43.5 Å². The molecule has 0 atom stereocenters. The van der Waals surface area contributed by atoms with Gasteiger partial charge < -0.3 is 29.9 Å². The van der Waals surface area contributed by atoms with E-state index in [1.165, 1.54) is 0 Å². The van der Waals surface area contributed by atoms with Crippen LogP contribution in [0.5, 0.6) is 5.75 Å². The smallest absolute Gasteiger partial charge is 0.259 e. The maximum atomic E-state index is 13.2. The molecule has 3 N–H and O–H groups in total. The van der Waals surface area contributed by atoms with Gasteiger partial charge in [0.2, 0.25) is 0 Å². The Morgan fingerprint density at radius 1 is 1.05 bits per heavy atom. The molecule has 2 saturated heterocycles. The van der Waals surface area contributed by atoms with Crippen molar-refractivity contribution in [2.45, 2.75) is 38.2 Å². The minimum atomic E-state index is -0.257. The van der Waals surface area contributed by atoms with Crippen molar-refractivity contribution in [3.63, 3.8) is 0 Å². The van der Waals surface area contributed by atoms with Crippen LogP contribution in [0.2, 0.25) is 0 Å². The van der Waals surface area contributed by atoms with Crippen molar-refractivity contribution >= 4 is 34.0 Å². The molecule has 212 valence electrons. The van der Waals surface area contributed by atoms with Crippen LogP contribution < -0.4 is 20.5 Å². The van der Waals surface area contributed by atoms with E-state index in [0.29, 0.717) is 39.4 Å². The van der Waals surface area contributed by atoms with Gasteiger partial charge in [-0.3, -0.25) is 9.59 Å². The molecular formula is C31H34N6O4. The third-order valence-electron chi connectivity index (χ3n) is 7.94. The minimum absolute atomic E-state index is 0.0243. The quantitative estimate of drug-likeness (QED) is 0.322. The Bertz CT molecular complexity index is 1610. The molecule has 2 fully saturated rings. The van der Waals surface area contributed by atoms with E-state index in [1.54, 1.807) is 31.6 Å². The first-order chi connectivity index (χ1) is 20.0. The Kier molecular flexibility index (Phi) is 7.56. The minimum Gasteiger partial charge on any atom is -0.496 e. The van der Waals surface area contributed by atoms with Crippen molar-refractivity contribution < 1.29 is 14.6 Å². The Labute approximate surface area is 238 Å². The Hall–Kier alpha value is -4.44. The number of carbonyl (C=O) groups is 1. The predicted molar refractivity (Wildman–Crippen MR) is 159 cm³/mol. The number of carbonyl (C=O) groups excluding carboxylic acids is 1. The SMILES string of the molecule is COc1cc(-c2cc(Nc3ccc(N4CCC(O)CC4)cn3)c3c(=O)[nH]ccc3n2)ccc1C(=O)N1CCCCC1. The number of aromatic amines is 1. The molecule has 10 nitrogen and oxygen atoms in total. The van der Waals surface area contributed by atoms with Gasteiger partial charge in [0.15, 0.2) is 0 Å². The summed E-state index contributed by atoms with van der Waals surface area (Å²) in [4.78, 5) is 42.3. The van der Waals surface area contributed by atoms with Crippen molar-refractivity contribution in [1.29, 1.82) is 0 Å². The van der Waals surface area contributed by atoms with E-state index in [2.05, 4.69) is 20.2 Å². The summed E-state index contributed by atoms with van der Waals surface area (Å²) in [6.07, 6.45) is 7.81. The molecule has 41 heavy (non-hydrogen) atoms. The molecule has 0 bridgehead atoms. The summed E-state index contributed by atoms with van der Waals surface area (Å²) < 4.78 is 5.65. The predicted octanol–water partition coefficient (Wildman–Crippen LogP) is 4.32. The molecule has 2 aliphatic heterocycles. The summed E-state index contributed by atoms with van der Waals surface area (Å²) in [5, 5.41) is 13.5. The normalized spacial score (nSPS) is 16.1. The molecule has 0 saturated carbocycles. The fourth-order valence-electron chi connectivity index (χ4n) is 5.64. The van der Waals surface area contributed by atoms with E-state index >= 15 is 0 Å². The summed E-state index contributed by atoms with van der Waals surface area (Å²) in [7, 11) is 1.56. The summed E-state index contributed by atoms with van der Waals surface area (Å²) in [5.74, 6) is 1.05. The zero-order valence-electron chi connectivity index (χ0n) is 23.1. The first-order valence-corrected chi connectivity index (χ1v) is 14.2. The molecule has 2 aliphatic rings. The van der Waals surface area contributed by atoms with Crippen molar-refractivity contribution in [2.24, 2.45) is 0 Å². The number of fused-ring (bicyclic) bond motifs is 1. The highest BCUT2D eigenvalue weighted by Crippen LogP contribution is 2.32. The maximum absolute atomic E-state index is 13.2. The fourth-order valence-corrected chi connectivity index (χ4v) is 5.64. The van der Waals surface area contributed by atoms with E-state index in [9.17, 15) is 14.7 Å². The summed E-state index contributed by atoms with van der Waals surface area (Å²) in [5.41, 5.74) is 3.76. The number of aliphatic hydroxyl groups excluding tert-OH is 1. The number of aromatic nitrogens is 3. The van der Waals surface area contributed by atoms with Gasteiger partial charge in [0.25, 0.3) is 11.5 Å². The second-order valence-electron chi connectivity index (χ2n) is 10.6. The van der Waals surface area contributed by atoms with Gasteiger partial charge in [-0.25, -0.2) is 9.97 Å². The molecule has 4 aromatic rings. The highest BCUT2D eigenvalue weighted by Gasteiger charge is 2.22. The Balaban J connectivity index is 1.32. The number of benzene rings is 1. The van der Waals surface area contributed by atoms with E-state index < -0.39 is 0 Å². The van der Waals surface area contributed by atoms with E-state index in [1.807, 2.05) is 35.2 Å². The number of H-pyrrole nitrogens is 1. The molecular weight excluding hydrogens is 520 g/mol. The average molecular weight is 555 g/mol. The number of rotatable bonds is 6. The summed E-state index contributed by atoms with van der Waals surface area (Å²) in [6, 6.07) is 12.9. The highest BCUT2D eigenvalue weighted by atomic mass is 16.5. The summed E-state index contributed by atoms with van der Waals surface area (Å²) >= 11 is 0. The molecule has 0 spiro atoms. The third kappa shape index (κ3) is 5.60. The first-order valence-electron chi connectivity index (χ1n) is 14.2. The Morgan fingerprint density at radius 2 is 1.85 bits per heavy atom. The average Bonchev–Trinajstić information content (AvgIpc) is 3.01. The number of nitrogens with one attached hydrogen (secondary N) is 2. The van der Waals surface area contributed by atoms with Crippen LogP contribution in [0.15, 0.2) is 59.7 Å². The van der Waals surface area contributed by atoms with E-state index in [4.69, 9.17) is 9.72 Å². The van der Waals surface area contributed by atoms with Crippen LogP contribution in [0.4, 0.5) is 17.2 Å². The van der Waals surface area contributed by atoms with Crippen LogP contribution in [0, 0.1) is 0 Å². The number of nitrogens with zero attached hydrogens (tertiary/aromatic N) is 4. The van der Waals surface area contributed by atoms with Crippen LogP contribution >= 0.6 is 0 Å². The lowest BCUT2D eigenvalue weighted by molar-refractivity contribution is 0.0721. The molecule has 0 aliphatic carbocycles. The number of pyridine rings is 3. The Morgan fingerprint density at radius 3 is 2.59 bits per heavy atom. The molecule has 10 heteroatoms. The number of ether oxygens (including phenoxy) is 1. The van der Waals surface area contributed by atoms with Crippen molar-refractivity contribution in [3.8, 4) is 17.0 Å². The highest BCUT2D eigenvalue weighted by molar-refractivity contribution is 5.98. The fraction of sp³-hybridized carbons (Fsp3) is 0.355. The number of hydrogen-bond donors (Lipinski definition) is 3. The standard InChI is InChI=1S/C31H34N6O4/c1-41-27-17-20(5-7-23(27)31(40)37-13-3-2-4-14-37)25-18-26(29-24(34-25)9-12-32-30(29)39)35-28-8-6-21(19-33-28)36-15-10-22(38)11-16-36/h5-9,12,17-19,22,38H,2-4,10-11,13-16H2,1H3,(H,32,39)(H,33,34,35). The molecule has 1 amide bonds. The van der Waals surface area contributed by atoms with Gasteiger partial charge in [-0.1, -0.05) is 6.07 Å². The lowest BCUT2D eigenvalue weighted by Crippen LogP contribution is -2.35. The van der Waals surface area contributed by atoms with E-state index in [-0.39, 0.29) is 17.6 Å². The maximum Gasteiger partial charge on any atom is 0.259 e. The van der Waals surface area contributed by atoms with Gasteiger partial charge in [-0.15, -0.1) is 0 Å². The molecule has 0 unspecified atom stereocenters. The van der Waals surface area contributed by atoms with Crippen LogP contribution in [0.3, 0.4) is 0 Å². The van der Waals surface area contributed by atoms with E-state index in [0.717, 1.165) is 69.5 Å². The molecule has 3 aromatic heterocycles. The van der Waals surface area contributed by atoms with Crippen molar-refractivity contribution in [3.05, 3.63) is 70.8 Å². The van der Waals surface area contributed by atoms with Gasteiger partial charge in [0.05, 0.1) is 52.9 Å². The van der Waals surface area contributed by atoms with Gasteiger partial charge in [0, 0.05) is 37.9 Å². The number of hydrogen-bond acceptors (Lipinski definition) is 8. The lowest BCUT2D eigenvalue weighted by Gasteiger charge is -2.31. The molecule has 1 aromatic carbocycles. The van der Waals surface area contributed by atoms with Crippen LogP contribution in [0.1, 0.15) is 42.5 Å². The number of methoxy groups -OCH3 is 1. The molecule has 0 radical (unpaired) electrons. The van der Waals surface area contributed by atoms with Crippen LogP contribution in [0.25, 0.3) is 22.2 Å². The first kappa shape index (κ1) is 26.8. The number of likely N-dealkylation sites (tertiary alicyclic amines) is 1. The second kappa shape index (κ2) is 11.6. The van der Waals surface area contributed by atoms with Gasteiger partial charge >= 0.3 is 0 Å². The zero-order chi connectivity index (χ0) is 28.3. The van der Waals surface area contributed by atoms with Crippen molar-refractivity contribution in [1.82, 2.24) is 19.9 Å².